The van der Waals surface area contributed by atoms with Gasteiger partial charge in [-0.1, -0.05) is 11.6 Å². The van der Waals surface area contributed by atoms with E-state index in [9.17, 15) is 0 Å². The maximum atomic E-state index is 7.70. The first-order chi connectivity index (χ1) is 8.08. The zero-order chi connectivity index (χ0) is 12.4. The van der Waals surface area contributed by atoms with Gasteiger partial charge in [-0.25, -0.2) is 9.98 Å². The van der Waals surface area contributed by atoms with Gasteiger partial charge in [0.1, 0.15) is 5.82 Å². The van der Waals surface area contributed by atoms with Gasteiger partial charge in [0.2, 0.25) is 5.62 Å². The zero-order valence-electron chi connectivity index (χ0n) is 10.4. The summed E-state index contributed by atoms with van der Waals surface area (Å²) in [5.41, 5.74) is 0.469. The molecule has 1 atom stereocenters. The van der Waals surface area contributed by atoms with Crippen LogP contribution < -0.4 is 15.8 Å². The predicted molar refractivity (Wildman–Crippen MR) is 64.8 cm³/mol. The van der Waals surface area contributed by atoms with Crippen molar-refractivity contribution in [2.24, 2.45) is 4.99 Å². The van der Waals surface area contributed by atoms with Gasteiger partial charge < -0.3 is 15.2 Å². The van der Waals surface area contributed by atoms with Gasteiger partial charge in [-0.15, -0.1) is 0 Å². The molecule has 5 nitrogen and oxygen atoms in total. The molecule has 1 aliphatic rings. The summed E-state index contributed by atoms with van der Waals surface area (Å²) in [4.78, 5) is 13.4. The highest BCUT2D eigenvalue weighted by molar-refractivity contribution is 6.32. The van der Waals surface area contributed by atoms with E-state index in [-0.39, 0.29) is 12.2 Å². The third kappa shape index (κ3) is 2.54. The number of aromatic amines is 1. The maximum Gasteiger partial charge on any atom is 0.223 e. The number of H-pyrrole nitrogens is 1. The monoisotopic (exact) mass is 242 g/mol. The normalized spacial score (nSPS) is 22.3. The van der Waals surface area contributed by atoms with Crippen molar-refractivity contribution in [1.29, 1.82) is 0 Å². The minimum atomic E-state index is 0.0545. The number of aromatic nitrogens is 2. The summed E-state index contributed by atoms with van der Waals surface area (Å²) in [6.07, 6.45) is 1.06. The highest BCUT2D eigenvalue weighted by Crippen LogP contribution is 2.17. The van der Waals surface area contributed by atoms with Gasteiger partial charge in [0.05, 0.1) is 18.6 Å². The molecule has 0 saturated carbocycles. The Bertz CT molecular complexity index is 464. The van der Waals surface area contributed by atoms with Crippen molar-refractivity contribution in [3.8, 4) is 0 Å². The molecule has 0 bridgehead atoms. The van der Waals surface area contributed by atoms with Crippen LogP contribution in [0.1, 0.15) is 7.79 Å². The molecule has 2 rings (SSSR count). The van der Waals surface area contributed by atoms with E-state index in [0.29, 0.717) is 16.5 Å². The third-order valence-electron chi connectivity index (χ3n) is 2.48. The number of halogens is 1. The summed E-state index contributed by atoms with van der Waals surface area (Å²) in [5, 5.41) is 3.56. The van der Waals surface area contributed by atoms with E-state index in [0.717, 1.165) is 19.5 Å². The van der Waals surface area contributed by atoms with Crippen LogP contribution in [0.4, 0.5) is 5.82 Å². The highest BCUT2D eigenvalue weighted by Gasteiger charge is 2.12. The average Bonchev–Trinajstić information content (AvgIpc) is 2.75. The standard InChI is InChI=1S/C10H16ClN5/c1-16(2)9-8(11)6-13-10(15-9)14-7-3-4-12-5-7/h6-7,12H,3-5H2,1-2H3,(H,13,14,15)/t7-/m1/s1/i6D. The minimum Gasteiger partial charge on any atom is -0.363 e. The van der Waals surface area contributed by atoms with Crippen LogP contribution in [0.15, 0.2) is 11.2 Å². The number of hydrogen-bond donors (Lipinski definition) is 2. The van der Waals surface area contributed by atoms with Crippen LogP contribution in [-0.2, 0) is 0 Å². The summed E-state index contributed by atoms with van der Waals surface area (Å²) < 4.78 is 7.70. The van der Waals surface area contributed by atoms with E-state index in [4.69, 9.17) is 13.0 Å². The molecule has 0 aliphatic carbocycles. The SMILES string of the molecule is [2H]c1nc(=N[C@@H]2CCNC2)[nH]c(N(C)C)c1Cl. The molecule has 2 N–H and O–H groups in total. The molecule has 88 valence electrons. The highest BCUT2D eigenvalue weighted by atomic mass is 35.5. The fourth-order valence-corrected chi connectivity index (χ4v) is 1.89. The van der Waals surface area contributed by atoms with E-state index in [1.165, 1.54) is 0 Å². The van der Waals surface area contributed by atoms with Crippen molar-refractivity contribution >= 4 is 17.4 Å². The Balaban J connectivity index is 2.41. The Morgan fingerprint density at radius 1 is 1.69 bits per heavy atom. The van der Waals surface area contributed by atoms with Crippen LogP contribution in [-0.4, -0.2) is 43.2 Å². The third-order valence-corrected chi connectivity index (χ3v) is 2.75. The molecule has 0 aromatic carbocycles. The van der Waals surface area contributed by atoms with Crippen LogP contribution in [0, 0.1) is 0 Å². The maximum absolute atomic E-state index is 7.70. The van der Waals surface area contributed by atoms with Crippen molar-refractivity contribution in [3.63, 3.8) is 0 Å². The van der Waals surface area contributed by atoms with Crippen molar-refractivity contribution in [2.75, 3.05) is 32.1 Å². The number of hydrogen-bond acceptors (Lipinski definition) is 4. The molecule has 0 spiro atoms. The lowest BCUT2D eigenvalue weighted by Gasteiger charge is -2.13. The Hall–Kier alpha value is -1.07. The molecule has 1 aromatic rings. The average molecular weight is 243 g/mol. The topological polar surface area (TPSA) is 56.3 Å². The van der Waals surface area contributed by atoms with Crippen molar-refractivity contribution < 1.29 is 1.37 Å². The first kappa shape index (κ1) is 10.1. The second-order valence-corrected chi connectivity index (χ2v) is 4.38. The molecule has 0 unspecified atom stereocenters. The first-order valence-electron chi connectivity index (χ1n) is 5.76. The smallest absolute Gasteiger partial charge is 0.223 e. The van der Waals surface area contributed by atoms with Crippen LogP contribution in [0.2, 0.25) is 5.02 Å². The Kier molecular flexibility index (Phi) is 3.06. The molecule has 0 amide bonds. The molecular formula is C10H16ClN5. The van der Waals surface area contributed by atoms with Gasteiger partial charge in [-0.2, -0.15) is 0 Å². The molecular weight excluding hydrogens is 226 g/mol. The minimum absolute atomic E-state index is 0.0545. The van der Waals surface area contributed by atoms with Crippen LogP contribution in [0.5, 0.6) is 0 Å². The number of rotatable bonds is 2. The van der Waals surface area contributed by atoms with E-state index in [1.54, 1.807) is 0 Å². The lowest BCUT2D eigenvalue weighted by molar-refractivity contribution is 0.700. The first-order valence-corrected chi connectivity index (χ1v) is 5.64. The fourth-order valence-electron chi connectivity index (χ4n) is 1.64. The van der Waals surface area contributed by atoms with Gasteiger partial charge in [-0.3, -0.25) is 0 Å². The lowest BCUT2D eigenvalue weighted by atomic mass is 10.3. The van der Waals surface area contributed by atoms with Gasteiger partial charge in [-0.05, 0) is 13.0 Å². The summed E-state index contributed by atoms with van der Waals surface area (Å²) >= 11 is 6.00. The predicted octanol–water partition coefficient (Wildman–Crippen LogP) is 0.392. The van der Waals surface area contributed by atoms with Gasteiger partial charge in [0.25, 0.3) is 0 Å². The molecule has 1 aromatic heterocycles. The lowest BCUT2D eigenvalue weighted by Crippen LogP contribution is -2.23. The van der Waals surface area contributed by atoms with Gasteiger partial charge in [0, 0.05) is 20.6 Å². The van der Waals surface area contributed by atoms with Crippen LogP contribution in [0.3, 0.4) is 0 Å². The molecule has 6 heteroatoms. The van der Waals surface area contributed by atoms with Crippen LogP contribution in [0.25, 0.3) is 0 Å². The quantitative estimate of drug-likeness (QED) is 0.789. The Morgan fingerprint density at radius 3 is 3.12 bits per heavy atom. The number of nitrogens with zero attached hydrogens (tertiary/aromatic N) is 3. The van der Waals surface area contributed by atoms with Crippen LogP contribution >= 0.6 is 11.6 Å². The zero-order valence-corrected chi connectivity index (χ0v) is 10.2. The van der Waals surface area contributed by atoms with E-state index in [1.807, 2.05) is 19.0 Å². The summed E-state index contributed by atoms with van der Waals surface area (Å²) in [6, 6.07) is 0.231. The van der Waals surface area contributed by atoms with E-state index >= 15 is 0 Å². The molecule has 2 heterocycles. The summed E-state index contributed by atoms with van der Waals surface area (Å²) in [5.74, 6) is 0.663. The molecule has 16 heavy (non-hydrogen) atoms. The molecule has 1 fully saturated rings. The number of nitrogens with one attached hydrogen (secondary N) is 2. The summed E-state index contributed by atoms with van der Waals surface area (Å²) in [7, 11) is 3.72. The van der Waals surface area contributed by atoms with Gasteiger partial charge >= 0.3 is 0 Å². The van der Waals surface area contributed by atoms with Crippen molar-refractivity contribution in [2.45, 2.75) is 12.5 Å². The van der Waals surface area contributed by atoms with Crippen molar-refractivity contribution in [3.05, 3.63) is 16.8 Å². The largest absolute Gasteiger partial charge is 0.363 e. The fraction of sp³-hybridized carbons (Fsp3) is 0.600. The number of anilines is 1. The van der Waals surface area contributed by atoms with Gasteiger partial charge in [0.15, 0.2) is 0 Å². The molecule has 1 aliphatic heterocycles. The van der Waals surface area contributed by atoms with E-state index < -0.39 is 0 Å². The molecule has 1 saturated heterocycles. The summed E-state index contributed by atoms with van der Waals surface area (Å²) in [6.45, 7) is 1.85. The Morgan fingerprint density at radius 2 is 2.50 bits per heavy atom. The van der Waals surface area contributed by atoms with Crippen molar-refractivity contribution in [1.82, 2.24) is 15.3 Å². The van der Waals surface area contributed by atoms with E-state index in [2.05, 4.69) is 20.3 Å². The second kappa shape index (κ2) is 4.84. The Labute approximate surface area is 101 Å². The second-order valence-electron chi connectivity index (χ2n) is 4.00. The molecule has 0 radical (unpaired) electrons.